The second-order valence-corrected chi connectivity index (χ2v) is 5.68. The number of rotatable bonds is 10. The number of hydrogen-bond acceptors (Lipinski definition) is 5. The number of benzene rings is 1. The van der Waals surface area contributed by atoms with Crippen LogP contribution in [0.5, 0.6) is 11.5 Å². The molecule has 0 saturated carbocycles. The average molecular weight is 362 g/mol. The molecule has 0 aliphatic rings. The van der Waals surface area contributed by atoms with Crippen molar-refractivity contribution in [2.75, 3.05) is 33.5 Å². The number of methoxy groups -OCH3 is 1. The number of hydrogen-bond donors (Lipinski definition) is 2. The summed E-state index contributed by atoms with van der Waals surface area (Å²) < 4.78 is 17.1. The molecule has 5 nitrogen and oxygen atoms in total. The van der Waals surface area contributed by atoms with E-state index in [1.54, 1.807) is 7.11 Å². The minimum Gasteiger partial charge on any atom is -0.493 e. The highest BCUT2D eigenvalue weighted by Crippen LogP contribution is 2.36. The summed E-state index contributed by atoms with van der Waals surface area (Å²) in [6.07, 6.45) is 0. The molecule has 6 heteroatoms. The third-order valence-corrected chi connectivity index (χ3v) is 3.30. The van der Waals surface area contributed by atoms with Crippen molar-refractivity contribution in [1.29, 1.82) is 0 Å². The van der Waals surface area contributed by atoms with E-state index >= 15 is 0 Å². The lowest BCUT2D eigenvalue weighted by Gasteiger charge is -2.15. The van der Waals surface area contributed by atoms with E-state index in [1.807, 2.05) is 12.1 Å². The SMILES string of the molecule is COc1cc(CNC(C)C)cc(Br)c1OCCOCCO. The summed E-state index contributed by atoms with van der Waals surface area (Å²) >= 11 is 3.52. The standard InChI is InChI=1S/C15H24BrNO4/c1-11(2)17-10-12-8-13(16)15(14(9-12)19-3)21-7-6-20-5-4-18/h8-9,11,17-18H,4-7,10H2,1-3H3. The molecule has 0 amide bonds. The van der Waals surface area contributed by atoms with E-state index in [4.69, 9.17) is 19.3 Å². The maximum absolute atomic E-state index is 8.63. The molecule has 0 unspecified atom stereocenters. The van der Waals surface area contributed by atoms with Gasteiger partial charge >= 0.3 is 0 Å². The average Bonchev–Trinajstić information content (AvgIpc) is 2.46. The van der Waals surface area contributed by atoms with Gasteiger partial charge in [0, 0.05) is 12.6 Å². The summed E-state index contributed by atoms with van der Waals surface area (Å²) in [6.45, 7) is 6.15. The molecule has 0 aliphatic carbocycles. The van der Waals surface area contributed by atoms with Crippen LogP contribution in [-0.4, -0.2) is 44.7 Å². The molecule has 0 aliphatic heterocycles. The smallest absolute Gasteiger partial charge is 0.175 e. The molecule has 1 rings (SSSR count). The third-order valence-electron chi connectivity index (χ3n) is 2.71. The minimum atomic E-state index is 0.0184. The van der Waals surface area contributed by atoms with Crippen LogP contribution in [0, 0.1) is 0 Å². The summed E-state index contributed by atoms with van der Waals surface area (Å²) in [7, 11) is 1.62. The first kappa shape index (κ1) is 18.2. The van der Waals surface area contributed by atoms with E-state index in [0.717, 1.165) is 16.6 Å². The lowest BCUT2D eigenvalue weighted by Crippen LogP contribution is -2.21. The van der Waals surface area contributed by atoms with E-state index in [0.29, 0.717) is 37.4 Å². The number of ether oxygens (including phenoxy) is 3. The Balaban J connectivity index is 2.66. The van der Waals surface area contributed by atoms with Gasteiger partial charge in [0.15, 0.2) is 11.5 Å². The molecule has 120 valence electrons. The van der Waals surface area contributed by atoms with Gasteiger partial charge in [-0.1, -0.05) is 13.8 Å². The summed E-state index contributed by atoms with van der Waals surface area (Å²) in [5.41, 5.74) is 1.12. The number of aliphatic hydroxyl groups is 1. The maximum Gasteiger partial charge on any atom is 0.175 e. The van der Waals surface area contributed by atoms with Crippen molar-refractivity contribution >= 4 is 15.9 Å². The van der Waals surface area contributed by atoms with Crippen molar-refractivity contribution in [3.05, 3.63) is 22.2 Å². The zero-order chi connectivity index (χ0) is 15.7. The van der Waals surface area contributed by atoms with E-state index < -0.39 is 0 Å². The number of halogens is 1. The van der Waals surface area contributed by atoms with Crippen molar-refractivity contribution in [2.24, 2.45) is 0 Å². The highest BCUT2D eigenvalue weighted by molar-refractivity contribution is 9.10. The molecule has 21 heavy (non-hydrogen) atoms. The maximum atomic E-state index is 8.63. The zero-order valence-electron chi connectivity index (χ0n) is 12.8. The Labute approximate surface area is 134 Å². The normalized spacial score (nSPS) is 11.0. The number of nitrogens with one attached hydrogen (secondary N) is 1. The fraction of sp³-hybridized carbons (Fsp3) is 0.600. The van der Waals surface area contributed by atoms with E-state index in [-0.39, 0.29) is 6.61 Å². The van der Waals surface area contributed by atoms with Crippen LogP contribution < -0.4 is 14.8 Å². The van der Waals surface area contributed by atoms with Gasteiger partial charge in [0.25, 0.3) is 0 Å². The van der Waals surface area contributed by atoms with Gasteiger partial charge in [-0.3, -0.25) is 0 Å². The predicted octanol–water partition coefficient (Wildman–Crippen LogP) is 2.34. The Morgan fingerprint density at radius 2 is 2.00 bits per heavy atom. The molecule has 0 bridgehead atoms. The summed E-state index contributed by atoms with van der Waals surface area (Å²) in [6, 6.07) is 4.40. The lowest BCUT2D eigenvalue weighted by molar-refractivity contribution is 0.0697. The largest absolute Gasteiger partial charge is 0.493 e. The second-order valence-electron chi connectivity index (χ2n) is 4.83. The third kappa shape index (κ3) is 6.65. The van der Waals surface area contributed by atoms with Crippen molar-refractivity contribution < 1.29 is 19.3 Å². The van der Waals surface area contributed by atoms with Gasteiger partial charge in [-0.25, -0.2) is 0 Å². The van der Waals surface area contributed by atoms with E-state index in [2.05, 4.69) is 35.1 Å². The molecule has 0 saturated heterocycles. The second kappa shape index (κ2) is 10.00. The first-order chi connectivity index (χ1) is 10.1. The summed E-state index contributed by atoms with van der Waals surface area (Å²) in [5, 5.41) is 12.0. The molecular formula is C15H24BrNO4. The van der Waals surface area contributed by atoms with E-state index in [1.165, 1.54) is 0 Å². The van der Waals surface area contributed by atoms with Crippen molar-refractivity contribution in [3.8, 4) is 11.5 Å². The highest BCUT2D eigenvalue weighted by Gasteiger charge is 2.12. The zero-order valence-corrected chi connectivity index (χ0v) is 14.4. The van der Waals surface area contributed by atoms with Gasteiger partial charge in [-0.15, -0.1) is 0 Å². The predicted molar refractivity (Wildman–Crippen MR) is 86.1 cm³/mol. The first-order valence-corrected chi connectivity index (χ1v) is 7.79. The Kier molecular flexibility index (Phi) is 8.68. The molecule has 0 atom stereocenters. The topological polar surface area (TPSA) is 60.0 Å². The first-order valence-electron chi connectivity index (χ1n) is 6.99. The molecule has 1 aromatic rings. The van der Waals surface area contributed by atoms with Gasteiger partial charge in [0.2, 0.25) is 0 Å². The van der Waals surface area contributed by atoms with Crippen LogP contribution in [0.4, 0.5) is 0 Å². The minimum absolute atomic E-state index is 0.0184. The van der Waals surface area contributed by atoms with Crippen LogP contribution >= 0.6 is 15.9 Å². The highest BCUT2D eigenvalue weighted by atomic mass is 79.9. The molecule has 0 aromatic heterocycles. The fourth-order valence-corrected chi connectivity index (χ4v) is 2.31. The molecule has 0 radical (unpaired) electrons. The van der Waals surface area contributed by atoms with Crippen molar-refractivity contribution in [1.82, 2.24) is 5.32 Å². The Morgan fingerprint density at radius 3 is 2.62 bits per heavy atom. The Hall–Kier alpha value is -0.820. The Bertz CT molecular complexity index is 426. The van der Waals surface area contributed by atoms with Gasteiger partial charge in [-0.2, -0.15) is 0 Å². The molecule has 0 heterocycles. The molecular weight excluding hydrogens is 338 g/mol. The Morgan fingerprint density at radius 1 is 1.24 bits per heavy atom. The molecule has 1 aromatic carbocycles. The van der Waals surface area contributed by atoms with Crippen LogP contribution in [0.25, 0.3) is 0 Å². The van der Waals surface area contributed by atoms with Crippen LogP contribution in [0.3, 0.4) is 0 Å². The van der Waals surface area contributed by atoms with Crippen LogP contribution in [0.15, 0.2) is 16.6 Å². The quantitative estimate of drug-likeness (QED) is 0.626. The van der Waals surface area contributed by atoms with Crippen LogP contribution in [0.1, 0.15) is 19.4 Å². The fourth-order valence-electron chi connectivity index (χ4n) is 1.71. The van der Waals surface area contributed by atoms with Crippen LogP contribution in [-0.2, 0) is 11.3 Å². The monoisotopic (exact) mass is 361 g/mol. The molecule has 0 spiro atoms. The van der Waals surface area contributed by atoms with Gasteiger partial charge in [0.05, 0.1) is 31.4 Å². The molecule has 2 N–H and O–H groups in total. The molecule has 0 fully saturated rings. The summed E-state index contributed by atoms with van der Waals surface area (Å²) in [4.78, 5) is 0. The summed E-state index contributed by atoms with van der Waals surface area (Å²) in [5.74, 6) is 1.35. The number of aliphatic hydroxyl groups excluding tert-OH is 1. The lowest BCUT2D eigenvalue weighted by atomic mass is 10.2. The van der Waals surface area contributed by atoms with Crippen LogP contribution in [0.2, 0.25) is 0 Å². The van der Waals surface area contributed by atoms with Crippen molar-refractivity contribution in [2.45, 2.75) is 26.4 Å². The van der Waals surface area contributed by atoms with E-state index in [9.17, 15) is 0 Å². The van der Waals surface area contributed by atoms with Gasteiger partial charge in [-0.05, 0) is 33.6 Å². The van der Waals surface area contributed by atoms with Gasteiger partial charge < -0.3 is 24.6 Å². The van der Waals surface area contributed by atoms with Gasteiger partial charge in [0.1, 0.15) is 6.61 Å². The van der Waals surface area contributed by atoms with Crippen molar-refractivity contribution in [3.63, 3.8) is 0 Å².